The summed E-state index contributed by atoms with van der Waals surface area (Å²) in [5.41, 5.74) is 5.12. The molecule has 0 amide bonds. The molecular weight excluding hydrogens is 258 g/mol. The third kappa shape index (κ3) is 4.58. The molecule has 1 aromatic heterocycles. The first-order valence-corrected chi connectivity index (χ1v) is 5.94. The predicted octanol–water partition coefficient (Wildman–Crippen LogP) is 2.69. The molecule has 2 N–H and O–H groups in total. The summed E-state index contributed by atoms with van der Waals surface area (Å²) >= 11 is 1.65. The number of hydrazone groups is 1. The molecule has 0 saturated heterocycles. The Morgan fingerprint density at radius 2 is 1.79 bits per heavy atom. The molecule has 0 radical (unpaired) electrons. The molecule has 0 atom stereocenters. The highest BCUT2D eigenvalue weighted by atomic mass is 32.1. The van der Waals surface area contributed by atoms with E-state index in [1.807, 2.05) is 24.6 Å². The molecule has 19 heavy (non-hydrogen) atoms. The van der Waals surface area contributed by atoms with Crippen LogP contribution < -0.4 is 5.84 Å². The minimum Gasteiger partial charge on any atom is -0.323 e. The van der Waals surface area contributed by atoms with Gasteiger partial charge in [-0.25, -0.2) is 15.5 Å². The van der Waals surface area contributed by atoms with E-state index in [4.69, 9.17) is 16.4 Å². The number of aromatic nitrogens is 1. The van der Waals surface area contributed by atoms with Crippen molar-refractivity contribution in [2.24, 2.45) is 10.9 Å². The third-order valence-corrected chi connectivity index (χ3v) is 3.12. The summed E-state index contributed by atoms with van der Waals surface area (Å²) in [5, 5.41) is 16.5. The van der Waals surface area contributed by atoms with Crippen molar-refractivity contribution in [2.45, 2.75) is 6.92 Å². The predicted molar refractivity (Wildman–Crippen MR) is 77.4 cm³/mol. The minimum absolute atomic E-state index is 1.00. The largest absolute Gasteiger partial charge is 0.323 e. The Morgan fingerprint density at radius 3 is 2.21 bits per heavy atom. The van der Waals surface area contributed by atoms with Crippen molar-refractivity contribution in [1.82, 2.24) is 4.98 Å². The van der Waals surface area contributed by atoms with E-state index in [0.717, 1.165) is 11.3 Å². The summed E-state index contributed by atoms with van der Waals surface area (Å²) in [7, 11) is 0. The third-order valence-electron chi connectivity index (χ3n) is 2.14. The lowest BCUT2D eigenvalue weighted by molar-refractivity contribution is 1.26. The number of benzene rings is 1. The Labute approximate surface area is 116 Å². The van der Waals surface area contributed by atoms with Gasteiger partial charge < -0.3 is 5.84 Å². The van der Waals surface area contributed by atoms with E-state index in [1.165, 1.54) is 10.4 Å². The van der Waals surface area contributed by atoms with E-state index >= 15 is 0 Å². The number of nitrogens with zero attached hydrogens (tertiary/aromatic N) is 4. The van der Waals surface area contributed by atoms with Crippen molar-refractivity contribution in [2.75, 3.05) is 0 Å². The monoisotopic (exact) mass is 271 g/mol. The van der Waals surface area contributed by atoms with Gasteiger partial charge in [0.25, 0.3) is 0 Å². The molecule has 2 rings (SSSR count). The summed E-state index contributed by atoms with van der Waals surface area (Å²) in [6.45, 7) is 9.01. The fraction of sp³-hybridized carbons (Fsp3) is 0.0769. The molecule has 0 unspecified atom stereocenters. The van der Waals surface area contributed by atoms with Crippen LogP contribution in [0.25, 0.3) is 10.4 Å². The maximum atomic E-state index is 6.50. The molecular formula is C13H13N5S. The second-order valence-electron chi connectivity index (χ2n) is 3.17. The van der Waals surface area contributed by atoms with Crippen LogP contribution in [-0.2, 0) is 0 Å². The molecule has 0 saturated carbocycles. The van der Waals surface area contributed by atoms with E-state index < -0.39 is 0 Å². The topological polar surface area (TPSA) is 98.8 Å². The number of hydrogen-bond acceptors (Lipinski definition) is 6. The van der Waals surface area contributed by atoms with Crippen LogP contribution in [0.15, 0.2) is 34.9 Å². The average Bonchev–Trinajstić information content (AvgIpc) is 2.91. The number of rotatable bonds is 2. The van der Waals surface area contributed by atoms with E-state index in [9.17, 15) is 0 Å². The lowest BCUT2D eigenvalue weighted by atomic mass is 10.1. The van der Waals surface area contributed by atoms with Crippen LogP contribution in [0.5, 0.6) is 0 Å². The Balaban J connectivity index is 0.000000741. The number of aryl methyl sites for hydroxylation is 1. The van der Waals surface area contributed by atoms with Gasteiger partial charge in [-0.2, -0.15) is 5.10 Å². The maximum absolute atomic E-state index is 6.50. The zero-order valence-electron chi connectivity index (χ0n) is 10.4. The van der Waals surface area contributed by atoms with Crippen LogP contribution in [0.3, 0.4) is 0 Å². The van der Waals surface area contributed by atoms with Crippen molar-refractivity contribution < 1.29 is 0 Å². The van der Waals surface area contributed by atoms with Crippen LogP contribution in [0.4, 0.5) is 0 Å². The summed E-state index contributed by atoms with van der Waals surface area (Å²) in [6.07, 6.45) is 1.63. The Hall–Kier alpha value is -2.70. The number of hydrogen-bond donors (Lipinski definition) is 1. The fourth-order valence-corrected chi connectivity index (χ4v) is 2.20. The zero-order valence-corrected chi connectivity index (χ0v) is 11.2. The molecule has 0 spiro atoms. The van der Waals surface area contributed by atoms with Crippen LogP contribution in [-0.4, -0.2) is 11.2 Å². The molecule has 0 bridgehead atoms. The molecule has 1 heterocycles. The molecule has 2 aromatic rings. The van der Waals surface area contributed by atoms with Gasteiger partial charge in [0.05, 0.1) is 22.3 Å². The van der Waals surface area contributed by atoms with Gasteiger partial charge in [-0.3, -0.25) is 0 Å². The van der Waals surface area contributed by atoms with E-state index in [0.29, 0.717) is 0 Å². The second kappa shape index (κ2) is 9.34. The van der Waals surface area contributed by atoms with Gasteiger partial charge in [-0.1, -0.05) is 24.3 Å². The number of nitriles is 2. The standard InChI is InChI=1S/C11H11N3S.2CHN/c1-8-11(15-7-13-8)10-4-2-9(3-5-10)6-14-12;2*1-2/h2-7H,12H2,1H3;2*1H. The van der Waals surface area contributed by atoms with E-state index in [2.05, 4.69) is 35.4 Å². The van der Waals surface area contributed by atoms with Crippen molar-refractivity contribution in [1.29, 1.82) is 10.5 Å². The number of thiazole rings is 1. The van der Waals surface area contributed by atoms with Crippen LogP contribution in [0, 0.1) is 30.6 Å². The average molecular weight is 271 g/mol. The SMILES string of the molecule is C#N.C#N.Cc1ncsc1-c1ccc(C=NN)cc1. The van der Waals surface area contributed by atoms with Crippen LogP contribution in [0.2, 0.25) is 0 Å². The van der Waals surface area contributed by atoms with Crippen LogP contribution >= 0.6 is 11.3 Å². The van der Waals surface area contributed by atoms with Gasteiger partial charge in [0.2, 0.25) is 0 Å². The first-order chi connectivity index (χ1) is 9.31. The smallest absolute Gasteiger partial charge is 0.0801 e. The molecule has 0 aliphatic rings. The van der Waals surface area contributed by atoms with Gasteiger partial charge >= 0.3 is 0 Å². The number of nitrogens with two attached hydrogens (primary N) is 1. The van der Waals surface area contributed by atoms with E-state index in [1.54, 1.807) is 17.6 Å². The normalized spacial score (nSPS) is 8.89. The Morgan fingerprint density at radius 1 is 1.21 bits per heavy atom. The maximum Gasteiger partial charge on any atom is 0.0801 e. The lowest BCUT2D eigenvalue weighted by Crippen LogP contribution is -1.86. The minimum atomic E-state index is 1.00. The van der Waals surface area contributed by atoms with Crippen molar-refractivity contribution in [3.63, 3.8) is 0 Å². The Bertz CT molecular complexity index is 545. The van der Waals surface area contributed by atoms with Gasteiger partial charge in [-0.15, -0.1) is 11.3 Å². The molecule has 0 aliphatic heterocycles. The van der Waals surface area contributed by atoms with Crippen molar-refractivity contribution in [3.8, 4) is 23.6 Å². The summed E-state index contributed by atoms with van der Waals surface area (Å²) in [4.78, 5) is 5.44. The summed E-state index contributed by atoms with van der Waals surface area (Å²) < 4.78 is 0. The fourth-order valence-electron chi connectivity index (χ4n) is 1.39. The Kier molecular flexibility index (Phi) is 8.01. The molecule has 1 aromatic carbocycles. The zero-order chi connectivity index (χ0) is 14.7. The highest BCUT2D eigenvalue weighted by Crippen LogP contribution is 2.26. The molecule has 6 heteroatoms. The highest BCUT2D eigenvalue weighted by Gasteiger charge is 2.03. The molecule has 0 aliphatic carbocycles. The van der Waals surface area contributed by atoms with Crippen LogP contribution in [0.1, 0.15) is 11.3 Å². The molecule has 96 valence electrons. The van der Waals surface area contributed by atoms with Gasteiger partial charge in [0.15, 0.2) is 0 Å². The summed E-state index contributed by atoms with van der Waals surface area (Å²) in [5.74, 6) is 5.08. The summed E-state index contributed by atoms with van der Waals surface area (Å²) in [6, 6.07) is 8.09. The van der Waals surface area contributed by atoms with Crippen molar-refractivity contribution in [3.05, 3.63) is 41.0 Å². The van der Waals surface area contributed by atoms with E-state index in [-0.39, 0.29) is 0 Å². The first kappa shape index (κ1) is 16.3. The molecule has 5 nitrogen and oxygen atoms in total. The first-order valence-electron chi connectivity index (χ1n) is 5.06. The highest BCUT2D eigenvalue weighted by molar-refractivity contribution is 7.13. The second-order valence-corrected chi connectivity index (χ2v) is 4.02. The lowest BCUT2D eigenvalue weighted by Gasteiger charge is -1.99. The quantitative estimate of drug-likeness (QED) is 0.515. The van der Waals surface area contributed by atoms with Gasteiger partial charge in [0.1, 0.15) is 0 Å². The van der Waals surface area contributed by atoms with Gasteiger partial charge in [0, 0.05) is 13.1 Å². The van der Waals surface area contributed by atoms with Gasteiger partial charge in [-0.05, 0) is 18.1 Å². The van der Waals surface area contributed by atoms with Crippen molar-refractivity contribution >= 4 is 17.6 Å². The molecule has 0 fully saturated rings.